The molecule has 0 bridgehead atoms. The molecule has 2 aromatic rings. The first-order chi connectivity index (χ1) is 8.79. The number of hydrogen-bond donors (Lipinski definition) is 1. The maximum absolute atomic E-state index is 4.04. The van der Waals surface area contributed by atoms with Gasteiger partial charge in [0.2, 0.25) is 0 Å². The number of aromatic nitrogens is 1. The molecule has 2 rings (SSSR count). The van der Waals surface area contributed by atoms with Crippen molar-refractivity contribution >= 4 is 0 Å². The number of aryl methyl sites for hydroxylation is 1. The zero-order chi connectivity index (χ0) is 12.8. The summed E-state index contributed by atoms with van der Waals surface area (Å²) in [6.07, 6.45) is 4.77. The molecule has 0 spiro atoms. The Balaban J connectivity index is 1.91. The molecule has 0 amide bonds. The zero-order valence-electron chi connectivity index (χ0n) is 11.1. The molecule has 1 N–H and O–H groups in total. The van der Waals surface area contributed by atoms with E-state index in [4.69, 9.17) is 0 Å². The van der Waals surface area contributed by atoms with Crippen LogP contribution in [0.1, 0.15) is 36.6 Å². The SMILES string of the molecule is CCc1ccc(CNC(C)c2ccncc2)cc1. The van der Waals surface area contributed by atoms with Crippen LogP contribution in [0.15, 0.2) is 48.8 Å². The van der Waals surface area contributed by atoms with Gasteiger partial charge < -0.3 is 5.32 Å². The number of nitrogens with zero attached hydrogens (tertiary/aromatic N) is 1. The predicted octanol–water partition coefficient (Wildman–Crippen LogP) is 3.49. The monoisotopic (exact) mass is 240 g/mol. The van der Waals surface area contributed by atoms with E-state index < -0.39 is 0 Å². The third-order valence-electron chi connectivity index (χ3n) is 3.25. The standard InChI is InChI=1S/C16H20N2/c1-3-14-4-6-15(7-5-14)12-18-13(2)16-8-10-17-11-9-16/h4-11,13,18H,3,12H2,1-2H3. The topological polar surface area (TPSA) is 24.9 Å². The van der Waals surface area contributed by atoms with Crippen LogP contribution in [0.25, 0.3) is 0 Å². The highest BCUT2D eigenvalue weighted by atomic mass is 14.9. The van der Waals surface area contributed by atoms with E-state index in [9.17, 15) is 0 Å². The van der Waals surface area contributed by atoms with Crippen LogP contribution in [0.5, 0.6) is 0 Å². The van der Waals surface area contributed by atoms with E-state index >= 15 is 0 Å². The quantitative estimate of drug-likeness (QED) is 0.865. The van der Waals surface area contributed by atoms with E-state index in [1.54, 1.807) is 0 Å². The van der Waals surface area contributed by atoms with Gasteiger partial charge in [0, 0.05) is 25.0 Å². The van der Waals surface area contributed by atoms with Crippen LogP contribution in [0.2, 0.25) is 0 Å². The van der Waals surface area contributed by atoms with E-state index in [0.29, 0.717) is 6.04 Å². The summed E-state index contributed by atoms with van der Waals surface area (Å²) in [4.78, 5) is 4.04. The summed E-state index contributed by atoms with van der Waals surface area (Å²) in [6.45, 7) is 5.25. The van der Waals surface area contributed by atoms with Gasteiger partial charge in [-0.25, -0.2) is 0 Å². The largest absolute Gasteiger partial charge is 0.306 e. The van der Waals surface area contributed by atoms with Crippen molar-refractivity contribution in [2.24, 2.45) is 0 Å². The third kappa shape index (κ3) is 3.41. The van der Waals surface area contributed by atoms with Gasteiger partial charge >= 0.3 is 0 Å². The molecule has 0 fully saturated rings. The Labute approximate surface area is 109 Å². The molecule has 1 heterocycles. The smallest absolute Gasteiger partial charge is 0.0296 e. The van der Waals surface area contributed by atoms with Gasteiger partial charge in [-0.05, 0) is 42.2 Å². The first-order valence-electron chi connectivity index (χ1n) is 6.50. The van der Waals surface area contributed by atoms with Crippen molar-refractivity contribution in [3.05, 3.63) is 65.5 Å². The first kappa shape index (κ1) is 12.8. The molecule has 0 saturated carbocycles. The lowest BCUT2D eigenvalue weighted by Gasteiger charge is -2.14. The molecule has 1 atom stereocenters. The summed E-state index contributed by atoms with van der Waals surface area (Å²) >= 11 is 0. The van der Waals surface area contributed by atoms with E-state index in [1.807, 2.05) is 12.4 Å². The highest BCUT2D eigenvalue weighted by Crippen LogP contribution is 2.12. The maximum atomic E-state index is 4.04. The van der Waals surface area contributed by atoms with Crippen LogP contribution in [-0.4, -0.2) is 4.98 Å². The Hall–Kier alpha value is -1.67. The fourth-order valence-electron chi connectivity index (χ4n) is 1.93. The Morgan fingerprint density at radius 3 is 2.22 bits per heavy atom. The van der Waals surface area contributed by atoms with Crippen molar-refractivity contribution in [1.29, 1.82) is 0 Å². The molecule has 94 valence electrons. The lowest BCUT2D eigenvalue weighted by Crippen LogP contribution is -2.18. The van der Waals surface area contributed by atoms with Gasteiger partial charge in [-0.15, -0.1) is 0 Å². The molecule has 2 nitrogen and oxygen atoms in total. The van der Waals surface area contributed by atoms with Crippen LogP contribution in [0.3, 0.4) is 0 Å². The molecule has 0 aliphatic heterocycles. The number of hydrogen-bond acceptors (Lipinski definition) is 2. The lowest BCUT2D eigenvalue weighted by molar-refractivity contribution is 0.574. The van der Waals surface area contributed by atoms with E-state index in [0.717, 1.165) is 13.0 Å². The molecule has 0 aliphatic rings. The van der Waals surface area contributed by atoms with Gasteiger partial charge in [0.15, 0.2) is 0 Å². The minimum Gasteiger partial charge on any atom is -0.306 e. The van der Waals surface area contributed by atoms with Crippen LogP contribution in [0, 0.1) is 0 Å². The Bertz CT molecular complexity index is 462. The van der Waals surface area contributed by atoms with Gasteiger partial charge in [-0.2, -0.15) is 0 Å². The second-order valence-corrected chi connectivity index (χ2v) is 4.55. The molecule has 18 heavy (non-hydrogen) atoms. The van der Waals surface area contributed by atoms with Crippen molar-refractivity contribution in [1.82, 2.24) is 10.3 Å². The molecule has 2 heteroatoms. The average Bonchev–Trinajstić information content (AvgIpc) is 2.46. The molecule has 0 aliphatic carbocycles. The average molecular weight is 240 g/mol. The van der Waals surface area contributed by atoms with Gasteiger partial charge in [0.1, 0.15) is 0 Å². The molecule has 0 saturated heterocycles. The molecular weight excluding hydrogens is 220 g/mol. The summed E-state index contributed by atoms with van der Waals surface area (Å²) in [7, 11) is 0. The number of pyridine rings is 1. The second-order valence-electron chi connectivity index (χ2n) is 4.55. The summed E-state index contributed by atoms with van der Waals surface area (Å²) < 4.78 is 0. The Morgan fingerprint density at radius 1 is 1.00 bits per heavy atom. The first-order valence-corrected chi connectivity index (χ1v) is 6.50. The molecule has 1 unspecified atom stereocenters. The summed E-state index contributed by atoms with van der Waals surface area (Å²) in [5, 5.41) is 3.52. The van der Waals surface area contributed by atoms with Crippen molar-refractivity contribution in [3.63, 3.8) is 0 Å². The summed E-state index contributed by atoms with van der Waals surface area (Å²) in [5.41, 5.74) is 3.99. The normalized spacial score (nSPS) is 12.3. The van der Waals surface area contributed by atoms with Crippen molar-refractivity contribution in [3.8, 4) is 0 Å². The van der Waals surface area contributed by atoms with Gasteiger partial charge in [0.05, 0.1) is 0 Å². The van der Waals surface area contributed by atoms with Crippen LogP contribution >= 0.6 is 0 Å². The van der Waals surface area contributed by atoms with Gasteiger partial charge in [-0.3, -0.25) is 4.98 Å². The van der Waals surface area contributed by atoms with E-state index in [1.165, 1.54) is 16.7 Å². The predicted molar refractivity (Wildman–Crippen MR) is 75.3 cm³/mol. The number of benzene rings is 1. The molecule has 1 aromatic heterocycles. The van der Waals surface area contributed by atoms with Crippen molar-refractivity contribution in [2.75, 3.05) is 0 Å². The van der Waals surface area contributed by atoms with Crippen molar-refractivity contribution in [2.45, 2.75) is 32.9 Å². The fourth-order valence-corrected chi connectivity index (χ4v) is 1.93. The van der Waals surface area contributed by atoms with E-state index in [-0.39, 0.29) is 0 Å². The highest BCUT2D eigenvalue weighted by Gasteiger charge is 2.03. The number of nitrogens with one attached hydrogen (secondary N) is 1. The van der Waals surface area contributed by atoms with Crippen molar-refractivity contribution < 1.29 is 0 Å². The molecular formula is C16H20N2. The highest BCUT2D eigenvalue weighted by molar-refractivity contribution is 5.22. The van der Waals surface area contributed by atoms with Crippen LogP contribution < -0.4 is 5.32 Å². The Kier molecular flexibility index (Phi) is 4.48. The third-order valence-corrected chi connectivity index (χ3v) is 3.25. The van der Waals surface area contributed by atoms with E-state index in [2.05, 4.69) is 60.5 Å². The second kappa shape index (κ2) is 6.31. The molecule has 1 aromatic carbocycles. The summed E-state index contributed by atoms with van der Waals surface area (Å²) in [5.74, 6) is 0. The van der Waals surface area contributed by atoms with Crippen LogP contribution in [0.4, 0.5) is 0 Å². The summed E-state index contributed by atoms with van der Waals surface area (Å²) in [6, 6.07) is 13.3. The lowest BCUT2D eigenvalue weighted by atomic mass is 10.1. The van der Waals surface area contributed by atoms with Gasteiger partial charge in [0.25, 0.3) is 0 Å². The minimum absolute atomic E-state index is 0.346. The molecule has 0 radical (unpaired) electrons. The fraction of sp³-hybridized carbons (Fsp3) is 0.312. The number of rotatable bonds is 5. The zero-order valence-corrected chi connectivity index (χ0v) is 11.1. The minimum atomic E-state index is 0.346. The van der Waals surface area contributed by atoms with Crippen LogP contribution in [-0.2, 0) is 13.0 Å². The Morgan fingerprint density at radius 2 is 1.61 bits per heavy atom. The van der Waals surface area contributed by atoms with Gasteiger partial charge in [-0.1, -0.05) is 31.2 Å². The maximum Gasteiger partial charge on any atom is 0.0296 e.